The largest absolute Gasteiger partial charge is 0.466 e. The molecular formula is C17H16Cl2O4. The highest BCUT2D eigenvalue weighted by Gasteiger charge is 2.14. The van der Waals surface area contributed by atoms with Crippen molar-refractivity contribution in [1.29, 1.82) is 0 Å². The van der Waals surface area contributed by atoms with E-state index in [-0.39, 0.29) is 6.42 Å². The molecule has 0 aromatic heterocycles. The Kier molecular flexibility index (Phi) is 6.28. The first-order chi connectivity index (χ1) is 11.0. The van der Waals surface area contributed by atoms with Crippen LogP contribution in [0.2, 0.25) is 10.0 Å². The fraction of sp³-hybridized carbons (Fsp3) is 0.235. The molecule has 0 aliphatic carbocycles. The molecule has 4 nitrogen and oxygen atoms in total. The Balaban J connectivity index is 2.04. The van der Waals surface area contributed by atoms with E-state index >= 15 is 0 Å². The molecule has 0 saturated heterocycles. The van der Waals surface area contributed by atoms with Gasteiger partial charge in [-0.25, -0.2) is 0 Å². The summed E-state index contributed by atoms with van der Waals surface area (Å²) in [5.74, 6) is 0.547. The van der Waals surface area contributed by atoms with Crippen LogP contribution in [0.25, 0.3) is 0 Å². The number of rotatable bonds is 6. The van der Waals surface area contributed by atoms with Crippen LogP contribution in [0.5, 0.6) is 11.5 Å². The second-order valence-electron chi connectivity index (χ2n) is 4.77. The van der Waals surface area contributed by atoms with E-state index in [1.165, 1.54) is 0 Å². The molecule has 0 saturated carbocycles. The monoisotopic (exact) mass is 354 g/mol. The van der Waals surface area contributed by atoms with Crippen molar-refractivity contribution in [3.05, 3.63) is 58.1 Å². The van der Waals surface area contributed by atoms with Gasteiger partial charge in [-0.3, -0.25) is 4.79 Å². The predicted molar refractivity (Wildman–Crippen MR) is 89.2 cm³/mol. The van der Waals surface area contributed by atoms with Gasteiger partial charge in [-0.15, -0.1) is 0 Å². The molecule has 0 fully saturated rings. The van der Waals surface area contributed by atoms with E-state index < -0.39 is 12.1 Å². The Labute approximate surface area is 144 Å². The predicted octanol–water partition coefficient (Wildman–Crippen LogP) is 4.77. The van der Waals surface area contributed by atoms with Crippen LogP contribution in [0.3, 0.4) is 0 Å². The van der Waals surface area contributed by atoms with Gasteiger partial charge in [-0.2, -0.15) is 0 Å². The summed E-state index contributed by atoms with van der Waals surface area (Å²) in [5, 5.41) is 11.0. The van der Waals surface area contributed by atoms with Gasteiger partial charge in [0.1, 0.15) is 11.5 Å². The Morgan fingerprint density at radius 2 is 1.87 bits per heavy atom. The molecule has 1 atom stereocenters. The van der Waals surface area contributed by atoms with Crippen LogP contribution in [0.4, 0.5) is 0 Å². The number of ether oxygens (including phenoxy) is 2. The maximum absolute atomic E-state index is 11.4. The van der Waals surface area contributed by atoms with Gasteiger partial charge in [0.05, 0.1) is 24.2 Å². The molecular weight excluding hydrogens is 339 g/mol. The molecule has 0 spiro atoms. The summed E-state index contributed by atoms with van der Waals surface area (Å²) >= 11 is 11.9. The van der Waals surface area contributed by atoms with Crippen molar-refractivity contribution in [2.24, 2.45) is 0 Å². The summed E-state index contributed by atoms with van der Waals surface area (Å²) in [5.41, 5.74) is 0.600. The van der Waals surface area contributed by atoms with Crippen LogP contribution in [0.15, 0.2) is 42.5 Å². The highest BCUT2D eigenvalue weighted by atomic mass is 35.5. The first kappa shape index (κ1) is 17.6. The zero-order chi connectivity index (χ0) is 16.8. The van der Waals surface area contributed by atoms with Crippen LogP contribution in [0.1, 0.15) is 25.0 Å². The summed E-state index contributed by atoms with van der Waals surface area (Å²) in [4.78, 5) is 11.4. The van der Waals surface area contributed by atoms with Gasteiger partial charge in [0, 0.05) is 11.1 Å². The van der Waals surface area contributed by atoms with E-state index in [9.17, 15) is 9.90 Å². The minimum absolute atomic E-state index is 0.0891. The molecule has 122 valence electrons. The standard InChI is InChI=1S/C17H16Cl2O4/c1-2-22-17(21)10-15(20)11-3-6-13(7-4-11)23-16-9-12(18)5-8-14(16)19/h3-9,15,20H,2,10H2,1H3/t15-/m1/s1. The van der Waals surface area contributed by atoms with Crippen molar-refractivity contribution in [2.75, 3.05) is 6.61 Å². The molecule has 0 heterocycles. The van der Waals surface area contributed by atoms with E-state index in [1.807, 2.05) is 0 Å². The van der Waals surface area contributed by atoms with E-state index in [4.69, 9.17) is 32.7 Å². The maximum atomic E-state index is 11.4. The molecule has 0 aliphatic rings. The molecule has 1 N–H and O–H groups in total. The lowest BCUT2D eigenvalue weighted by molar-refractivity contribution is -0.145. The number of aliphatic hydroxyl groups excluding tert-OH is 1. The Morgan fingerprint density at radius 1 is 1.17 bits per heavy atom. The molecule has 0 unspecified atom stereocenters. The molecule has 0 bridgehead atoms. The van der Waals surface area contributed by atoms with Gasteiger partial charge in [0.25, 0.3) is 0 Å². The lowest BCUT2D eigenvalue weighted by atomic mass is 10.1. The van der Waals surface area contributed by atoms with Crippen molar-refractivity contribution in [1.82, 2.24) is 0 Å². The average Bonchev–Trinajstić information content (AvgIpc) is 2.52. The molecule has 2 aromatic carbocycles. The van der Waals surface area contributed by atoms with Gasteiger partial charge in [-0.1, -0.05) is 35.3 Å². The highest BCUT2D eigenvalue weighted by Crippen LogP contribution is 2.32. The number of esters is 1. The number of carbonyl (C=O) groups is 1. The normalized spacial score (nSPS) is 11.8. The fourth-order valence-electron chi connectivity index (χ4n) is 1.94. The lowest BCUT2D eigenvalue weighted by Crippen LogP contribution is -2.09. The maximum Gasteiger partial charge on any atom is 0.308 e. The smallest absolute Gasteiger partial charge is 0.308 e. The van der Waals surface area contributed by atoms with Crippen LogP contribution >= 0.6 is 23.2 Å². The highest BCUT2D eigenvalue weighted by molar-refractivity contribution is 6.34. The van der Waals surface area contributed by atoms with Gasteiger partial charge in [-0.05, 0) is 36.8 Å². The minimum atomic E-state index is -0.919. The Morgan fingerprint density at radius 3 is 2.52 bits per heavy atom. The summed E-state index contributed by atoms with van der Waals surface area (Å²) in [6, 6.07) is 11.7. The molecule has 0 amide bonds. The molecule has 0 radical (unpaired) electrons. The van der Waals surface area contributed by atoms with Crippen molar-refractivity contribution < 1.29 is 19.4 Å². The van der Waals surface area contributed by atoms with Gasteiger partial charge in [0.2, 0.25) is 0 Å². The van der Waals surface area contributed by atoms with Crippen LogP contribution in [0, 0.1) is 0 Å². The third-order valence-corrected chi connectivity index (χ3v) is 3.60. The minimum Gasteiger partial charge on any atom is -0.466 e. The molecule has 23 heavy (non-hydrogen) atoms. The second-order valence-corrected chi connectivity index (χ2v) is 5.61. The zero-order valence-corrected chi connectivity index (χ0v) is 14.0. The number of halogens is 2. The Bertz CT molecular complexity index is 671. The first-order valence-electron chi connectivity index (χ1n) is 7.06. The third-order valence-electron chi connectivity index (χ3n) is 3.05. The van der Waals surface area contributed by atoms with E-state index in [0.29, 0.717) is 33.7 Å². The zero-order valence-electron chi connectivity index (χ0n) is 12.5. The number of benzene rings is 2. The van der Waals surface area contributed by atoms with E-state index in [2.05, 4.69) is 0 Å². The summed E-state index contributed by atoms with van der Waals surface area (Å²) in [6.07, 6.45) is -1.01. The van der Waals surface area contributed by atoms with Gasteiger partial charge < -0.3 is 14.6 Å². The number of hydrogen-bond donors (Lipinski definition) is 1. The van der Waals surface area contributed by atoms with Crippen molar-refractivity contribution in [3.8, 4) is 11.5 Å². The molecule has 2 rings (SSSR count). The third kappa shape index (κ3) is 5.13. The van der Waals surface area contributed by atoms with Crippen molar-refractivity contribution >= 4 is 29.2 Å². The SMILES string of the molecule is CCOC(=O)C[C@@H](O)c1ccc(Oc2cc(Cl)ccc2Cl)cc1. The number of hydrogen-bond acceptors (Lipinski definition) is 4. The van der Waals surface area contributed by atoms with Crippen molar-refractivity contribution in [3.63, 3.8) is 0 Å². The van der Waals surface area contributed by atoms with Crippen LogP contribution in [-0.4, -0.2) is 17.7 Å². The quantitative estimate of drug-likeness (QED) is 0.759. The summed E-state index contributed by atoms with van der Waals surface area (Å²) in [7, 11) is 0. The second kappa shape index (κ2) is 8.20. The van der Waals surface area contributed by atoms with Crippen LogP contribution in [-0.2, 0) is 9.53 Å². The average molecular weight is 355 g/mol. The number of aliphatic hydroxyl groups is 1. The Hall–Kier alpha value is -1.75. The summed E-state index contributed by atoms with van der Waals surface area (Å²) < 4.78 is 10.5. The van der Waals surface area contributed by atoms with Gasteiger partial charge >= 0.3 is 5.97 Å². The van der Waals surface area contributed by atoms with Gasteiger partial charge in [0.15, 0.2) is 0 Å². The van der Waals surface area contributed by atoms with E-state index in [1.54, 1.807) is 49.4 Å². The topological polar surface area (TPSA) is 55.8 Å². The molecule has 2 aromatic rings. The number of carbonyl (C=O) groups excluding carboxylic acids is 1. The van der Waals surface area contributed by atoms with Crippen LogP contribution < -0.4 is 4.74 Å². The molecule has 6 heteroatoms. The molecule has 0 aliphatic heterocycles. The first-order valence-corrected chi connectivity index (χ1v) is 7.81. The van der Waals surface area contributed by atoms with E-state index in [0.717, 1.165) is 0 Å². The lowest BCUT2D eigenvalue weighted by Gasteiger charge is -2.12. The fourth-order valence-corrected chi connectivity index (χ4v) is 2.25. The summed E-state index contributed by atoms with van der Waals surface area (Å²) in [6.45, 7) is 2.01. The van der Waals surface area contributed by atoms with Crippen molar-refractivity contribution in [2.45, 2.75) is 19.4 Å².